The Labute approximate surface area is 129 Å². The quantitative estimate of drug-likeness (QED) is 0.489. The predicted octanol–water partition coefficient (Wildman–Crippen LogP) is 3.71. The number of hydrogen-bond acceptors (Lipinski definition) is 2. The van der Waals surface area contributed by atoms with Gasteiger partial charge in [0.25, 0.3) is 5.91 Å². The molecule has 0 heterocycles. The highest BCUT2D eigenvalue weighted by Crippen LogP contribution is 2.13. The molecule has 19 heavy (non-hydrogen) atoms. The molecule has 0 aliphatic heterocycles. The minimum Gasteiger partial charge on any atom is -0.267 e. The maximum atomic E-state index is 11.9. The number of carbonyl (C=O) groups excluding carboxylic acids is 1. The molecular weight excluding hydrogens is 375 g/mol. The van der Waals surface area contributed by atoms with Gasteiger partial charge in [-0.3, -0.25) is 4.79 Å². The van der Waals surface area contributed by atoms with E-state index in [1.165, 1.54) is 6.21 Å². The number of hydrazone groups is 1. The van der Waals surface area contributed by atoms with E-state index in [2.05, 4.69) is 33.1 Å². The normalized spacial score (nSPS) is 10.6. The van der Waals surface area contributed by atoms with E-state index in [0.717, 1.165) is 9.13 Å². The molecule has 0 aliphatic rings. The van der Waals surface area contributed by atoms with Gasteiger partial charge in [0.2, 0.25) is 0 Å². The van der Waals surface area contributed by atoms with Crippen molar-refractivity contribution in [2.45, 2.75) is 0 Å². The van der Waals surface area contributed by atoms with E-state index in [1.54, 1.807) is 12.1 Å². The SMILES string of the molecule is O=C(N/N=C/c1ccccc1Cl)c1ccccc1I. The zero-order valence-electron chi connectivity index (χ0n) is 9.81. The van der Waals surface area contributed by atoms with E-state index in [4.69, 9.17) is 11.6 Å². The molecule has 0 aromatic heterocycles. The lowest BCUT2D eigenvalue weighted by molar-refractivity contribution is 0.0954. The minimum absolute atomic E-state index is 0.242. The van der Waals surface area contributed by atoms with Crippen molar-refractivity contribution in [2.75, 3.05) is 0 Å². The molecule has 0 radical (unpaired) electrons. The van der Waals surface area contributed by atoms with Gasteiger partial charge in [-0.2, -0.15) is 5.10 Å². The molecule has 96 valence electrons. The van der Waals surface area contributed by atoms with E-state index in [-0.39, 0.29) is 5.91 Å². The Hall–Kier alpha value is -1.40. The fraction of sp³-hybridized carbons (Fsp3) is 0. The third kappa shape index (κ3) is 3.78. The summed E-state index contributed by atoms with van der Waals surface area (Å²) in [6.07, 6.45) is 1.52. The van der Waals surface area contributed by atoms with E-state index in [9.17, 15) is 4.79 Å². The minimum atomic E-state index is -0.242. The van der Waals surface area contributed by atoms with Crippen LogP contribution in [0.15, 0.2) is 53.6 Å². The molecule has 0 atom stereocenters. The third-order valence-corrected chi connectivity index (χ3v) is 3.68. The van der Waals surface area contributed by atoms with Crippen LogP contribution in [-0.4, -0.2) is 12.1 Å². The topological polar surface area (TPSA) is 41.5 Å². The molecule has 5 heteroatoms. The fourth-order valence-electron chi connectivity index (χ4n) is 1.45. The second-order valence-corrected chi connectivity index (χ2v) is 5.27. The Morgan fingerprint density at radius 1 is 1.16 bits per heavy atom. The number of carbonyl (C=O) groups is 1. The van der Waals surface area contributed by atoms with Crippen molar-refractivity contribution in [1.82, 2.24) is 5.43 Å². The van der Waals surface area contributed by atoms with Crippen molar-refractivity contribution in [3.8, 4) is 0 Å². The lowest BCUT2D eigenvalue weighted by Crippen LogP contribution is -2.18. The number of benzene rings is 2. The summed E-state index contributed by atoms with van der Waals surface area (Å²) in [6, 6.07) is 14.6. The second-order valence-electron chi connectivity index (χ2n) is 3.70. The van der Waals surface area contributed by atoms with Crippen LogP contribution in [0.2, 0.25) is 5.02 Å². The molecule has 0 saturated carbocycles. The van der Waals surface area contributed by atoms with Crippen LogP contribution in [-0.2, 0) is 0 Å². The van der Waals surface area contributed by atoms with E-state index in [0.29, 0.717) is 10.6 Å². The molecule has 0 aliphatic carbocycles. The summed E-state index contributed by atoms with van der Waals surface area (Å²) in [4.78, 5) is 11.9. The Balaban J connectivity index is 2.06. The Morgan fingerprint density at radius 2 is 1.84 bits per heavy atom. The summed E-state index contributed by atoms with van der Waals surface area (Å²) in [5.41, 5.74) is 3.84. The maximum absolute atomic E-state index is 11.9. The van der Waals surface area contributed by atoms with Gasteiger partial charge in [0.05, 0.1) is 11.8 Å². The largest absolute Gasteiger partial charge is 0.272 e. The van der Waals surface area contributed by atoms with Crippen molar-refractivity contribution in [1.29, 1.82) is 0 Å². The van der Waals surface area contributed by atoms with Gasteiger partial charge in [0.15, 0.2) is 0 Å². The first kappa shape index (κ1) is 14.0. The van der Waals surface area contributed by atoms with Gasteiger partial charge in [-0.1, -0.05) is 41.9 Å². The molecule has 3 nitrogen and oxygen atoms in total. The molecule has 1 N–H and O–H groups in total. The summed E-state index contributed by atoms with van der Waals surface area (Å²) in [5.74, 6) is -0.242. The van der Waals surface area contributed by atoms with Crippen molar-refractivity contribution in [3.05, 3.63) is 68.3 Å². The van der Waals surface area contributed by atoms with E-state index >= 15 is 0 Å². The summed E-state index contributed by atoms with van der Waals surface area (Å²) in [6.45, 7) is 0. The molecule has 0 bridgehead atoms. The zero-order chi connectivity index (χ0) is 13.7. The first-order chi connectivity index (χ1) is 9.18. The highest BCUT2D eigenvalue weighted by atomic mass is 127. The molecule has 0 saturated heterocycles. The second kappa shape index (κ2) is 6.68. The molecule has 0 unspecified atom stereocenters. The van der Waals surface area contributed by atoms with Gasteiger partial charge >= 0.3 is 0 Å². The number of nitrogens with one attached hydrogen (secondary N) is 1. The third-order valence-electron chi connectivity index (χ3n) is 2.39. The standard InChI is InChI=1S/C14H10ClIN2O/c15-12-7-3-1-5-10(12)9-17-18-14(19)11-6-2-4-8-13(11)16/h1-9H,(H,18,19)/b17-9+. The maximum Gasteiger partial charge on any atom is 0.272 e. The number of hydrogen-bond donors (Lipinski definition) is 1. The van der Waals surface area contributed by atoms with Crippen LogP contribution in [0.4, 0.5) is 0 Å². The predicted molar refractivity (Wildman–Crippen MR) is 85.7 cm³/mol. The van der Waals surface area contributed by atoms with Crippen LogP contribution in [0.1, 0.15) is 15.9 Å². The van der Waals surface area contributed by atoms with Crippen LogP contribution in [0.25, 0.3) is 0 Å². The Bertz CT molecular complexity index is 628. The first-order valence-corrected chi connectivity index (χ1v) is 6.96. The highest BCUT2D eigenvalue weighted by Gasteiger charge is 2.07. The van der Waals surface area contributed by atoms with Crippen LogP contribution in [0.3, 0.4) is 0 Å². The van der Waals surface area contributed by atoms with Gasteiger partial charge in [0, 0.05) is 14.2 Å². The molecule has 2 aromatic rings. The lowest BCUT2D eigenvalue weighted by atomic mass is 10.2. The summed E-state index contributed by atoms with van der Waals surface area (Å²) < 4.78 is 0.880. The van der Waals surface area contributed by atoms with E-state index in [1.807, 2.05) is 36.4 Å². The number of halogens is 2. The van der Waals surface area contributed by atoms with Gasteiger partial charge in [-0.25, -0.2) is 5.43 Å². The van der Waals surface area contributed by atoms with Crippen molar-refractivity contribution in [2.24, 2.45) is 5.10 Å². The lowest BCUT2D eigenvalue weighted by Gasteiger charge is -2.02. The van der Waals surface area contributed by atoms with Crippen molar-refractivity contribution in [3.63, 3.8) is 0 Å². The van der Waals surface area contributed by atoms with Gasteiger partial charge in [0.1, 0.15) is 0 Å². The molecule has 2 rings (SSSR count). The number of nitrogens with zero attached hydrogens (tertiary/aromatic N) is 1. The molecule has 1 amide bonds. The molecule has 0 fully saturated rings. The average molecular weight is 385 g/mol. The summed E-state index contributed by atoms with van der Waals surface area (Å²) in [5, 5.41) is 4.50. The zero-order valence-corrected chi connectivity index (χ0v) is 12.7. The first-order valence-electron chi connectivity index (χ1n) is 5.51. The number of rotatable bonds is 3. The Morgan fingerprint density at radius 3 is 2.58 bits per heavy atom. The average Bonchev–Trinajstić information content (AvgIpc) is 2.41. The number of amides is 1. The Kier molecular flexibility index (Phi) is 4.93. The van der Waals surface area contributed by atoms with Crippen LogP contribution < -0.4 is 5.43 Å². The monoisotopic (exact) mass is 384 g/mol. The smallest absolute Gasteiger partial charge is 0.267 e. The van der Waals surface area contributed by atoms with Crippen LogP contribution in [0, 0.1) is 3.57 Å². The van der Waals surface area contributed by atoms with Crippen molar-refractivity contribution >= 4 is 46.3 Å². The van der Waals surface area contributed by atoms with Gasteiger partial charge in [-0.05, 0) is 40.8 Å². The van der Waals surface area contributed by atoms with Crippen molar-refractivity contribution < 1.29 is 4.79 Å². The van der Waals surface area contributed by atoms with E-state index < -0.39 is 0 Å². The highest BCUT2D eigenvalue weighted by molar-refractivity contribution is 14.1. The fourth-order valence-corrected chi connectivity index (χ4v) is 2.26. The van der Waals surface area contributed by atoms with Crippen LogP contribution in [0.5, 0.6) is 0 Å². The van der Waals surface area contributed by atoms with Gasteiger partial charge in [-0.15, -0.1) is 0 Å². The van der Waals surface area contributed by atoms with Crippen LogP contribution >= 0.6 is 34.2 Å². The summed E-state index contributed by atoms with van der Waals surface area (Å²) >= 11 is 8.09. The molecular formula is C14H10ClIN2O. The molecule has 2 aromatic carbocycles. The summed E-state index contributed by atoms with van der Waals surface area (Å²) in [7, 11) is 0. The van der Waals surface area contributed by atoms with Gasteiger partial charge < -0.3 is 0 Å². The molecule has 0 spiro atoms.